The van der Waals surface area contributed by atoms with E-state index >= 15 is 0 Å². The van der Waals surface area contributed by atoms with Crippen LogP contribution in [0.25, 0.3) is 10.8 Å². The van der Waals surface area contributed by atoms with Crippen molar-refractivity contribution in [2.45, 2.75) is 13.0 Å². The lowest BCUT2D eigenvalue weighted by atomic mass is 10.1. The number of carbonyl (C=O) groups is 1. The second-order valence-electron chi connectivity index (χ2n) is 5.41. The maximum atomic E-state index is 14.0. The summed E-state index contributed by atoms with van der Waals surface area (Å²) in [5.41, 5.74) is 0.163. The van der Waals surface area contributed by atoms with Gasteiger partial charge >= 0.3 is 5.97 Å². The van der Waals surface area contributed by atoms with Gasteiger partial charge in [-0.2, -0.15) is 5.10 Å². The van der Waals surface area contributed by atoms with Crippen LogP contribution in [0.2, 0.25) is 5.02 Å². The van der Waals surface area contributed by atoms with E-state index in [0.717, 1.165) is 4.68 Å². The molecule has 0 N–H and O–H groups in total. The third kappa shape index (κ3) is 3.39. The van der Waals surface area contributed by atoms with Gasteiger partial charge in [0, 0.05) is 16.0 Å². The quantitative estimate of drug-likeness (QED) is 0.671. The monoisotopic (exact) mass is 360 g/mol. The molecule has 0 aliphatic rings. The molecule has 0 aliphatic heterocycles. The van der Waals surface area contributed by atoms with Crippen molar-refractivity contribution in [3.05, 3.63) is 74.9 Å². The number of methoxy groups -OCH3 is 1. The summed E-state index contributed by atoms with van der Waals surface area (Å²) in [4.78, 5) is 24.3. The first-order chi connectivity index (χ1) is 12.0. The van der Waals surface area contributed by atoms with Gasteiger partial charge in [-0.1, -0.05) is 35.9 Å². The zero-order chi connectivity index (χ0) is 18.0. The van der Waals surface area contributed by atoms with Crippen LogP contribution in [0.15, 0.2) is 47.3 Å². The van der Waals surface area contributed by atoms with Crippen LogP contribution >= 0.6 is 11.6 Å². The van der Waals surface area contributed by atoms with E-state index in [1.54, 1.807) is 30.3 Å². The largest absolute Gasteiger partial charge is 0.469 e. The molecule has 0 saturated carbocycles. The second-order valence-corrected chi connectivity index (χ2v) is 5.82. The van der Waals surface area contributed by atoms with E-state index in [4.69, 9.17) is 11.6 Å². The van der Waals surface area contributed by atoms with Crippen molar-refractivity contribution in [1.29, 1.82) is 0 Å². The van der Waals surface area contributed by atoms with Crippen molar-refractivity contribution in [1.82, 2.24) is 9.78 Å². The van der Waals surface area contributed by atoms with Crippen LogP contribution in [0.3, 0.4) is 0 Å². The lowest BCUT2D eigenvalue weighted by Gasteiger charge is -2.12. The Bertz CT molecular complexity index is 997. The summed E-state index contributed by atoms with van der Waals surface area (Å²) in [5.74, 6) is -1.00. The average molecular weight is 361 g/mol. The van der Waals surface area contributed by atoms with Crippen molar-refractivity contribution in [2.75, 3.05) is 7.11 Å². The summed E-state index contributed by atoms with van der Waals surface area (Å²) in [6, 6.07) is 11.1. The predicted molar refractivity (Wildman–Crippen MR) is 92.2 cm³/mol. The number of nitrogens with zero attached hydrogens (tertiary/aromatic N) is 2. The Labute approximate surface area is 147 Å². The molecule has 0 aliphatic carbocycles. The van der Waals surface area contributed by atoms with Crippen molar-refractivity contribution >= 4 is 28.3 Å². The molecule has 128 valence electrons. The highest BCUT2D eigenvalue weighted by atomic mass is 35.5. The van der Waals surface area contributed by atoms with Crippen LogP contribution < -0.4 is 5.56 Å². The predicted octanol–water partition coefficient (Wildman–Crippen LogP) is 2.95. The van der Waals surface area contributed by atoms with Crippen LogP contribution in [0, 0.1) is 5.82 Å². The molecule has 0 bridgehead atoms. The first kappa shape index (κ1) is 17.1. The molecule has 2 aromatic carbocycles. The fourth-order valence-electron chi connectivity index (χ4n) is 2.59. The lowest BCUT2D eigenvalue weighted by molar-refractivity contribution is -0.139. The van der Waals surface area contributed by atoms with Crippen molar-refractivity contribution in [3.8, 4) is 0 Å². The maximum Gasteiger partial charge on any atom is 0.311 e. The van der Waals surface area contributed by atoms with Crippen LogP contribution in [0.1, 0.15) is 11.3 Å². The summed E-state index contributed by atoms with van der Waals surface area (Å²) in [7, 11) is 1.28. The Balaban J connectivity index is 2.17. The Morgan fingerprint density at radius 3 is 2.60 bits per heavy atom. The van der Waals surface area contributed by atoms with E-state index in [1.165, 1.54) is 19.2 Å². The van der Waals surface area contributed by atoms with Gasteiger partial charge in [-0.25, -0.2) is 9.07 Å². The number of halogens is 2. The molecule has 1 heterocycles. The Hall–Kier alpha value is -2.73. The highest BCUT2D eigenvalue weighted by Gasteiger charge is 2.16. The van der Waals surface area contributed by atoms with Crippen LogP contribution in [0.4, 0.5) is 4.39 Å². The Morgan fingerprint density at radius 2 is 1.92 bits per heavy atom. The number of ether oxygens (including phenoxy) is 1. The molecule has 3 aromatic rings. The summed E-state index contributed by atoms with van der Waals surface area (Å²) in [5, 5.41) is 5.41. The molecule has 0 spiro atoms. The Kier molecular flexibility index (Phi) is 4.81. The highest BCUT2D eigenvalue weighted by molar-refractivity contribution is 6.31. The lowest BCUT2D eigenvalue weighted by Crippen LogP contribution is -2.26. The molecule has 25 heavy (non-hydrogen) atoms. The molecule has 3 rings (SSSR count). The van der Waals surface area contributed by atoms with Gasteiger partial charge < -0.3 is 4.74 Å². The minimum atomic E-state index is -0.524. The SMILES string of the molecule is COC(=O)Cc1nn(Cc2c(F)cccc2Cl)c(=O)c2ccccc12. The zero-order valence-electron chi connectivity index (χ0n) is 13.3. The average Bonchev–Trinajstić information content (AvgIpc) is 2.61. The molecular formula is C18H14ClFN2O3. The van der Waals surface area contributed by atoms with Gasteiger partial charge in [0.1, 0.15) is 5.82 Å². The maximum absolute atomic E-state index is 14.0. The van der Waals surface area contributed by atoms with Gasteiger partial charge in [-0.05, 0) is 18.2 Å². The van der Waals surface area contributed by atoms with Gasteiger partial charge in [0.2, 0.25) is 0 Å². The zero-order valence-corrected chi connectivity index (χ0v) is 14.1. The van der Waals surface area contributed by atoms with E-state index in [2.05, 4.69) is 9.84 Å². The molecule has 0 radical (unpaired) electrons. The van der Waals surface area contributed by atoms with E-state index in [9.17, 15) is 14.0 Å². The third-order valence-electron chi connectivity index (χ3n) is 3.85. The number of hydrogen-bond donors (Lipinski definition) is 0. The van der Waals surface area contributed by atoms with E-state index < -0.39 is 11.8 Å². The van der Waals surface area contributed by atoms with Crippen LogP contribution in [0.5, 0.6) is 0 Å². The molecular weight excluding hydrogens is 347 g/mol. The second kappa shape index (κ2) is 7.03. The molecule has 0 unspecified atom stereocenters. The number of aromatic nitrogens is 2. The van der Waals surface area contributed by atoms with Crippen molar-refractivity contribution < 1.29 is 13.9 Å². The smallest absolute Gasteiger partial charge is 0.311 e. The van der Waals surface area contributed by atoms with Crippen LogP contribution in [-0.4, -0.2) is 22.9 Å². The molecule has 0 fully saturated rings. The van der Waals surface area contributed by atoms with Gasteiger partial charge in [0.25, 0.3) is 5.56 Å². The fraction of sp³-hybridized carbons (Fsp3) is 0.167. The molecule has 0 saturated heterocycles. The van der Waals surface area contributed by atoms with E-state index in [-0.39, 0.29) is 29.1 Å². The van der Waals surface area contributed by atoms with Gasteiger partial charge in [-0.3, -0.25) is 9.59 Å². The summed E-state index contributed by atoms with van der Waals surface area (Å²) >= 11 is 6.04. The molecule has 0 atom stereocenters. The highest BCUT2D eigenvalue weighted by Crippen LogP contribution is 2.20. The first-order valence-corrected chi connectivity index (χ1v) is 7.87. The molecule has 7 heteroatoms. The van der Waals surface area contributed by atoms with E-state index in [1.807, 2.05) is 0 Å². The van der Waals surface area contributed by atoms with Gasteiger partial charge in [0.05, 0.1) is 31.2 Å². The Morgan fingerprint density at radius 1 is 1.20 bits per heavy atom. The number of fused-ring (bicyclic) bond motifs is 1. The number of esters is 1. The summed E-state index contributed by atoms with van der Waals surface area (Å²) < 4.78 is 19.8. The third-order valence-corrected chi connectivity index (χ3v) is 4.21. The molecule has 0 amide bonds. The first-order valence-electron chi connectivity index (χ1n) is 7.49. The topological polar surface area (TPSA) is 61.2 Å². The normalized spacial score (nSPS) is 10.8. The summed E-state index contributed by atoms with van der Waals surface area (Å²) in [6.45, 7) is -0.136. The number of benzene rings is 2. The van der Waals surface area contributed by atoms with Crippen molar-refractivity contribution in [2.24, 2.45) is 0 Å². The van der Waals surface area contributed by atoms with Gasteiger partial charge in [0.15, 0.2) is 0 Å². The number of carbonyl (C=O) groups excluding carboxylic acids is 1. The minimum Gasteiger partial charge on any atom is -0.469 e. The van der Waals surface area contributed by atoms with E-state index in [0.29, 0.717) is 16.5 Å². The van der Waals surface area contributed by atoms with Crippen LogP contribution in [-0.2, 0) is 22.5 Å². The van der Waals surface area contributed by atoms with Crippen molar-refractivity contribution in [3.63, 3.8) is 0 Å². The minimum absolute atomic E-state index is 0.0949. The fourth-order valence-corrected chi connectivity index (χ4v) is 2.81. The molecule has 1 aromatic heterocycles. The standard InChI is InChI=1S/C18H14ClFN2O3/c1-25-17(23)9-16-11-5-2-3-6-12(11)18(24)22(21-16)10-13-14(19)7-4-8-15(13)20/h2-8H,9-10H2,1H3. The number of hydrogen-bond acceptors (Lipinski definition) is 4. The van der Waals surface area contributed by atoms with Gasteiger partial charge in [-0.15, -0.1) is 0 Å². The molecule has 5 nitrogen and oxygen atoms in total. The number of rotatable bonds is 4. The summed E-state index contributed by atoms with van der Waals surface area (Å²) in [6.07, 6.45) is -0.0949.